The summed E-state index contributed by atoms with van der Waals surface area (Å²) < 4.78 is 0. The highest BCUT2D eigenvalue weighted by molar-refractivity contribution is 5.75. The zero-order chi connectivity index (χ0) is 13.6. The third kappa shape index (κ3) is 4.61. The van der Waals surface area contributed by atoms with Crippen molar-refractivity contribution in [2.75, 3.05) is 13.1 Å². The minimum absolute atomic E-state index is 0.100. The van der Waals surface area contributed by atoms with Gasteiger partial charge in [-0.15, -0.1) is 0 Å². The van der Waals surface area contributed by atoms with Crippen LogP contribution in [-0.4, -0.2) is 18.9 Å². The average Bonchev–Trinajstić information content (AvgIpc) is 2.34. The van der Waals surface area contributed by atoms with Crippen LogP contribution in [0.2, 0.25) is 0 Å². The van der Waals surface area contributed by atoms with Crippen LogP contribution in [0, 0.1) is 0 Å². The first-order valence-electron chi connectivity index (χ1n) is 6.75. The van der Waals surface area contributed by atoms with Crippen molar-refractivity contribution >= 4 is 5.78 Å². The minimum atomic E-state index is 0.100. The Labute approximate surface area is 111 Å². The van der Waals surface area contributed by atoms with Gasteiger partial charge in [-0.1, -0.05) is 45.0 Å². The van der Waals surface area contributed by atoms with Gasteiger partial charge in [0.15, 0.2) is 0 Å². The number of ketones is 1. The van der Waals surface area contributed by atoms with Crippen molar-refractivity contribution in [3.63, 3.8) is 0 Å². The van der Waals surface area contributed by atoms with E-state index in [4.69, 9.17) is 0 Å². The highest BCUT2D eigenvalue weighted by atomic mass is 16.1. The summed E-state index contributed by atoms with van der Waals surface area (Å²) in [5.74, 6) is 0.243. The summed E-state index contributed by atoms with van der Waals surface area (Å²) in [5, 5.41) is 3.36. The minimum Gasteiger partial charge on any atom is -0.315 e. The SMILES string of the molecule is CCc1ccc(C(C)(C)CNCCC(C)=O)cc1. The Morgan fingerprint density at radius 3 is 2.33 bits per heavy atom. The second kappa shape index (κ2) is 6.69. The highest BCUT2D eigenvalue weighted by Gasteiger charge is 2.19. The Kier molecular flexibility index (Phi) is 5.54. The molecule has 0 aliphatic carbocycles. The van der Waals surface area contributed by atoms with Crippen molar-refractivity contribution in [2.24, 2.45) is 0 Å². The van der Waals surface area contributed by atoms with Crippen LogP contribution in [0.15, 0.2) is 24.3 Å². The third-order valence-electron chi connectivity index (χ3n) is 3.36. The van der Waals surface area contributed by atoms with Crippen molar-refractivity contribution in [2.45, 2.75) is 46.0 Å². The number of hydrogen-bond acceptors (Lipinski definition) is 2. The maximum atomic E-state index is 10.9. The van der Waals surface area contributed by atoms with E-state index in [0.29, 0.717) is 6.42 Å². The Morgan fingerprint density at radius 1 is 1.22 bits per heavy atom. The lowest BCUT2D eigenvalue weighted by atomic mass is 9.84. The second-order valence-electron chi connectivity index (χ2n) is 5.56. The molecule has 0 spiro atoms. The molecule has 1 aromatic carbocycles. The molecule has 1 N–H and O–H groups in total. The summed E-state index contributed by atoms with van der Waals surface area (Å²) in [6.07, 6.45) is 1.70. The van der Waals surface area contributed by atoms with Gasteiger partial charge in [-0.3, -0.25) is 4.79 Å². The van der Waals surface area contributed by atoms with E-state index in [0.717, 1.165) is 19.5 Å². The van der Waals surface area contributed by atoms with Gasteiger partial charge in [0.25, 0.3) is 0 Å². The van der Waals surface area contributed by atoms with Crippen molar-refractivity contribution in [3.05, 3.63) is 35.4 Å². The molecule has 0 aliphatic heterocycles. The van der Waals surface area contributed by atoms with Crippen LogP contribution in [0.3, 0.4) is 0 Å². The number of nitrogens with one attached hydrogen (secondary N) is 1. The largest absolute Gasteiger partial charge is 0.315 e. The van der Waals surface area contributed by atoms with E-state index in [1.165, 1.54) is 11.1 Å². The Hall–Kier alpha value is -1.15. The monoisotopic (exact) mass is 247 g/mol. The molecule has 0 atom stereocenters. The molecule has 2 heteroatoms. The van der Waals surface area contributed by atoms with Gasteiger partial charge in [0.05, 0.1) is 0 Å². The lowest BCUT2D eigenvalue weighted by molar-refractivity contribution is -0.116. The predicted molar refractivity (Wildman–Crippen MR) is 77.0 cm³/mol. The number of Topliss-reactive ketones (excluding diaryl/α,β-unsaturated/α-hetero) is 1. The average molecular weight is 247 g/mol. The van der Waals surface area contributed by atoms with E-state index in [2.05, 4.69) is 50.4 Å². The standard InChI is InChI=1S/C16H25NO/c1-5-14-6-8-15(9-7-14)16(3,4)12-17-11-10-13(2)18/h6-9,17H,5,10-12H2,1-4H3. The third-order valence-corrected chi connectivity index (χ3v) is 3.36. The molecule has 1 aromatic rings. The van der Waals surface area contributed by atoms with E-state index < -0.39 is 0 Å². The fraction of sp³-hybridized carbons (Fsp3) is 0.562. The molecule has 0 bridgehead atoms. The lowest BCUT2D eigenvalue weighted by Gasteiger charge is -2.26. The van der Waals surface area contributed by atoms with Gasteiger partial charge in [-0.2, -0.15) is 0 Å². The summed E-state index contributed by atoms with van der Waals surface area (Å²) in [4.78, 5) is 10.9. The van der Waals surface area contributed by atoms with Crippen LogP contribution in [0.1, 0.15) is 45.2 Å². The number of carbonyl (C=O) groups is 1. The Morgan fingerprint density at radius 2 is 1.83 bits per heavy atom. The molecule has 1 rings (SSSR count). The van der Waals surface area contributed by atoms with E-state index >= 15 is 0 Å². The Balaban J connectivity index is 2.53. The van der Waals surface area contributed by atoms with E-state index in [-0.39, 0.29) is 11.2 Å². The van der Waals surface area contributed by atoms with Gasteiger partial charge in [-0.05, 0) is 24.5 Å². The van der Waals surface area contributed by atoms with Gasteiger partial charge >= 0.3 is 0 Å². The number of benzene rings is 1. The first kappa shape index (κ1) is 14.9. The van der Waals surface area contributed by atoms with Crippen molar-refractivity contribution < 1.29 is 4.79 Å². The topological polar surface area (TPSA) is 29.1 Å². The molecule has 2 nitrogen and oxygen atoms in total. The molecular weight excluding hydrogens is 222 g/mol. The summed E-state index contributed by atoms with van der Waals surface area (Å²) in [6.45, 7) is 9.93. The normalized spacial score (nSPS) is 11.6. The zero-order valence-corrected chi connectivity index (χ0v) is 12.0. The summed E-state index contributed by atoms with van der Waals surface area (Å²) in [5.41, 5.74) is 2.82. The molecule has 100 valence electrons. The zero-order valence-electron chi connectivity index (χ0n) is 12.0. The first-order chi connectivity index (χ1) is 8.45. The molecule has 0 unspecified atom stereocenters. The molecule has 0 aromatic heterocycles. The van der Waals surface area contributed by atoms with Crippen LogP contribution >= 0.6 is 0 Å². The summed E-state index contributed by atoms with van der Waals surface area (Å²) in [6, 6.07) is 8.83. The van der Waals surface area contributed by atoms with Gasteiger partial charge in [0.1, 0.15) is 5.78 Å². The highest BCUT2D eigenvalue weighted by Crippen LogP contribution is 2.22. The predicted octanol–water partition coefficient (Wildman–Crippen LogP) is 3.10. The number of carbonyl (C=O) groups excluding carboxylic acids is 1. The summed E-state index contributed by atoms with van der Waals surface area (Å²) in [7, 11) is 0. The molecule has 0 heterocycles. The Bertz CT molecular complexity index is 379. The van der Waals surface area contributed by atoms with Crippen LogP contribution in [-0.2, 0) is 16.6 Å². The van der Waals surface area contributed by atoms with Gasteiger partial charge in [0, 0.05) is 24.9 Å². The van der Waals surface area contributed by atoms with E-state index in [1.807, 2.05) is 0 Å². The maximum absolute atomic E-state index is 10.9. The van der Waals surface area contributed by atoms with E-state index in [9.17, 15) is 4.79 Å². The fourth-order valence-electron chi connectivity index (χ4n) is 1.96. The van der Waals surface area contributed by atoms with Gasteiger partial charge in [-0.25, -0.2) is 0 Å². The van der Waals surface area contributed by atoms with E-state index in [1.54, 1.807) is 6.92 Å². The summed E-state index contributed by atoms with van der Waals surface area (Å²) >= 11 is 0. The fourth-order valence-corrected chi connectivity index (χ4v) is 1.96. The lowest BCUT2D eigenvalue weighted by Crippen LogP contribution is -2.33. The smallest absolute Gasteiger partial charge is 0.131 e. The van der Waals surface area contributed by atoms with Gasteiger partial charge < -0.3 is 5.32 Å². The van der Waals surface area contributed by atoms with Gasteiger partial charge in [0.2, 0.25) is 0 Å². The molecule has 0 fully saturated rings. The van der Waals surface area contributed by atoms with Crippen molar-refractivity contribution in [1.29, 1.82) is 0 Å². The van der Waals surface area contributed by atoms with Crippen LogP contribution in [0.25, 0.3) is 0 Å². The van der Waals surface area contributed by atoms with Crippen molar-refractivity contribution in [3.8, 4) is 0 Å². The molecule has 0 aliphatic rings. The molecule has 0 amide bonds. The number of rotatable bonds is 7. The molecular formula is C16H25NO. The number of aryl methyl sites for hydroxylation is 1. The van der Waals surface area contributed by atoms with Crippen LogP contribution in [0.4, 0.5) is 0 Å². The van der Waals surface area contributed by atoms with Crippen LogP contribution < -0.4 is 5.32 Å². The maximum Gasteiger partial charge on any atom is 0.131 e. The molecule has 0 radical (unpaired) electrons. The quantitative estimate of drug-likeness (QED) is 0.750. The number of hydrogen-bond donors (Lipinski definition) is 1. The molecule has 0 saturated heterocycles. The first-order valence-corrected chi connectivity index (χ1v) is 6.75. The van der Waals surface area contributed by atoms with Crippen molar-refractivity contribution in [1.82, 2.24) is 5.32 Å². The molecule has 0 saturated carbocycles. The second-order valence-corrected chi connectivity index (χ2v) is 5.56. The molecule has 18 heavy (non-hydrogen) atoms. The van der Waals surface area contributed by atoms with Crippen LogP contribution in [0.5, 0.6) is 0 Å².